The number of rotatable bonds is 6. The topological polar surface area (TPSA) is 61.4 Å². The Hall–Kier alpha value is -14.5. The highest BCUT2D eigenvalue weighted by molar-refractivity contribution is 6.18. The van der Waals surface area contributed by atoms with Crippen LogP contribution in [0.5, 0.6) is 0 Å². The maximum absolute atomic E-state index is 5.63. The highest BCUT2D eigenvalue weighted by atomic mass is 15.0. The molecule has 0 fully saturated rings. The first-order valence-electron chi connectivity index (χ1n) is 38.0. The van der Waals surface area contributed by atoms with Crippen molar-refractivity contribution in [2.24, 2.45) is 0 Å². The van der Waals surface area contributed by atoms with Gasteiger partial charge in [-0.05, 0) is 190 Å². The van der Waals surface area contributed by atoms with Gasteiger partial charge in [-0.1, -0.05) is 279 Å². The maximum atomic E-state index is 5.63. The van der Waals surface area contributed by atoms with Gasteiger partial charge in [-0.25, -0.2) is 15.0 Å². The van der Waals surface area contributed by atoms with Crippen molar-refractivity contribution < 1.29 is 0 Å². The third-order valence-electron chi connectivity index (χ3n) is 24.9. The standard InChI is InChI=1S/C104H60N6/c1-2-27-70-61(21-1)22-19-34-77(70)98-80-33-7-14-42-92(80)107-102(108-98)68-26-18-24-64(56-68)69-58-82-81-57-66(48-51-94(81)110-95-44-16-13-40-87(95)103(90(60-69)101(82)110)83-36-9-3-28-72(83)73-29-4-10-37-84(73)103)71-53-54-105-99-78(71)49-45-62-46-50-91(106-97(62)99)67-25-17-23-63(55-67)65-47-52-96-89(59-65)104(85-38-11-5-30-74(85)75-31-6-12-39-86(75)104)88-41-20-35-79-76-32-8-15-43-93(76)109(96)100(79)88/h1-60H. The van der Waals surface area contributed by atoms with Crippen LogP contribution in [0.2, 0.25) is 0 Å². The first-order valence-corrected chi connectivity index (χ1v) is 38.0. The summed E-state index contributed by atoms with van der Waals surface area (Å²) in [6.45, 7) is 0. The highest BCUT2D eigenvalue weighted by Crippen LogP contribution is 2.64. The summed E-state index contributed by atoms with van der Waals surface area (Å²) in [6, 6.07) is 133. The van der Waals surface area contributed by atoms with Gasteiger partial charge in [0.2, 0.25) is 0 Å². The fraction of sp³-hybridized carbons (Fsp3) is 0.0192. The largest absolute Gasteiger partial charge is 0.309 e. The Labute approximate surface area is 632 Å². The molecule has 0 saturated carbocycles. The zero-order valence-corrected chi connectivity index (χ0v) is 59.3. The van der Waals surface area contributed by atoms with Gasteiger partial charge >= 0.3 is 0 Å². The summed E-state index contributed by atoms with van der Waals surface area (Å²) < 4.78 is 5.09. The third kappa shape index (κ3) is 7.85. The monoisotopic (exact) mass is 1390 g/mol. The van der Waals surface area contributed by atoms with E-state index in [0.29, 0.717) is 5.82 Å². The second kappa shape index (κ2) is 22.1. The minimum absolute atomic E-state index is 0.556. The van der Waals surface area contributed by atoms with Crippen LogP contribution in [0.15, 0.2) is 364 Å². The lowest BCUT2D eigenvalue weighted by Gasteiger charge is -2.40. The summed E-state index contributed by atoms with van der Waals surface area (Å²) in [6.07, 6.45) is 1.97. The van der Waals surface area contributed by atoms with E-state index in [1.54, 1.807) is 0 Å². The molecule has 110 heavy (non-hydrogen) atoms. The zero-order chi connectivity index (χ0) is 71.7. The molecule has 0 radical (unpaired) electrons. The van der Waals surface area contributed by atoms with Gasteiger partial charge < -0.3 is 9.13 Å². The number of nitrogens with zero attached hydrogens (tertiary/aromatic N) is 6. The quantitative estimate of drug-likeness (QED) is 0.156. The fourth-order valence-electron chi connectivity index (χ4n) is 20.5. The second-order valence-corrected chi connectivity index (χ2v) is 30.2. The maximum Gasteiger partial charge on any atom is 0.160 e. The lowest BCUT2D eigenvalue weighted by Crippen LogP contribution is -2.33. The number of hydrogen-bond donors (Lipinski definition) is 0. The van der Waals surface area contributed by atoms with Crippen LogP contribution in [0.3, 0.4) is 0 Å². The normalized spacial score (nSPS) is 13.6. The molecule has 6 heteroatoms. The summed E-state index contributed by atoms with van der Waals surface area (Å²) in [5.41, 5.74) is 35.6. The Morgan fingerprint density at radius 2 is 0.764 bits per heavy atom. The molecule has 0 atom stereocenters. The predicted molar refractivity (Wildman–Crippen MR) is 451 cm³/mol. The van der Waals surface area contributed by atoms with Crippen LogP contribution in [0.1, 0.15) is 44.5 Å². The van der Waals surface area contributed by atoms with Crippen LogP contribution < -0.4 is 0 Å². The molecule has 0 bridgehead atoms. The molecule has 21 aromatic rings. The van der Waals surface area contributed by atoms with E-state index in [1.807, 2.05) is 6.20 Å². The number of benzene rings is 16. The van der Waals surface area contributed by atoms with Crippen molar-refractivity contribution in [1.29, 1.82) is 0 Å². The molecule has 0 saturated heterocycles. The first-order chi connectivity index (χ1) is 54.5. The van der Waals surface area contributed by atoms with E-state index < -0.39 is 10.8 Å². The third-order valence-corrected chi connectivity index (χ3v) is 24.9. The van der Waals surface area contributed by atoms with E-state index in [0.717, 1.165) is 105 Å². The summed E-state index contributed by atoms with van der Waals surface area (Å²) in [5, 5.41) is 10.3. The average Bonchev–Trinajstić information content (AvgIpc) is 1.49. The van der Waals surface area contributed by atoms with Gasteiger partial charge in [0.15, 0.2) is 5.82 Å². The van der Waals surface area contributed by atoms with Gasteiger partial charge in [0.1, 0.15) is 0 Å². The van der Waals surface area contributed by atoms with Crippen molar-refractivity contribution in [1.82, 2.24) is 29.1 Å². The van der Waals surface area contributed by atoms with Crippen molar-refractivity contribution in [3.05, 3.63) is 409 Å². The van der Waals surface area contributed by atoms with E-state index in [4.69, 9.17) is 19.9 Å². The van der Waals surface area contributed by atoms with E-state index in [-0.39, 0.29) is 0 Å². The van der Waals surface area contributed by atoms with Gasteiger partial charge in [0.05, 0.1) is 72.2 Å². The number of hydrogen-bond acceptors (Lipinski definition) is 4. The molecular weight excluding hydrogens is 1330 g/mol. The second-order valence-electron chi connectivity index (χ2n) is 30.2. The number of aromatic nitrogens is 6. The number of pyridine rings is 2. The lowest BCUT2D eigenvalue weighted by molar-refractivity contribution is 0.749. The molecule has 0 unspecified atom stereocenters. The van der Waals surface area contributed by atoms with Crippen LogP contribution in [-0.4, -0.2) is 29.1 Å². The Balaban J connectivity index is 0.649. The summed E-state index contributed by atoms with van der Waals surface area (Å²) in [5.74, 6) is 0.682. The van der Waals surface area contributed by atoms with Crippen molar-refractivity contribution >= 4 is 87.1 Å². The van der Waals surface area contributed by atoms with Gasteiger partial charge in [0, 0.05) is 60.6 Å². The molecule has 0 amide bonds. The van der Waals surface area contributed by atoms with Crippen molar-refractivity contribution in [3.63, 3.8) is 0 Å². The average molecular weight is 1390 g/mol. The molecule has 5 aromatic heterocycles. The van der Waals surface area contributed by atoms with Crippen molar-refractivity contribution in [2.45, 2.75) is 10.8 Å². The molecular formula is C104H60N6. The molecule has 2 aliphatic heterocycles. The Morgan fingerprint density at radius 3 is 1.55 bits per heavy atom. The smallest absolute Gasteiger partial charge is 0.160 e. The van der Waals surface area contributed by atoms with Crippen LogP contribution in [0, 0.1) is 0 Å². The summed E-state index contributed by atoms with van der Waals surface area (Å²) >= 11 is 0. The Bertz CT molecular complexity index is 7600. The summed E-state index contributed by atoms with van der Waals surface area (Å²) in [4.78, 5) is 21.7. The van der Waals surface area contributed by atoms with Gasteiger partial charge in [0.25, 0.3) is 0 Å². The van der Waals surface area contributed by atoms with Crippen LogP contribution in [0.25, 0.3) is 188 Å². The lowest BCUT2D eigenvalue weighted by atomic mass is 9.65. The molecule has 25 rings (SSSR count). The zero-order valence-electron chi connectivity index (χ0n) is 59.3. The van der Waals surface area contributed by atoms with Gasteiger partial charge in [-0.3, -0.25) is 4.98 Å². The van der Waals surface area contributed by atoms with E-state index in [9.17, 15) is 0 Å². The number of para-hydroxylation sites is 4. The highest BCUT2D eigenvalue weighted by Gasteiger charge is 2.53. The predicted octanol–water partition coefficient (Wildman–Crippen LogP) is 25.4. The van der Waals surface area contributed by atoms with E-state index >= 15 is 0 Å². The molecule has 6 nitrogen and oxygen atoms in total. The summed E-state index contributed by atoms with van der Waals surface area (Å²) in [7, 11) is 0. The molecule has 7 heterocycles. The van der Waals surface area contributed by atoms with Crippen LogP contribution in [0.4, 0.5) is 0 Å². The van der Waals surface area contributed by atoms with Gasteiger partial charge in [-0.15, -0.1) is 0 Å². The molecule has 4 aliphatic rings. The number of fused-ring (bicyclic) bond motifs is 29. The molecule has 506 valence electrons. The molecule has 16 aromatic carbocycles. The minimum atomic E-state index is -0.645. The van der Waals surface area contributed by atoms with Gasteiger partial charge in [-0.2, -0.15) is 0 Å². The fourth-order valence-corrected chi connectivity index (χ4v) is 20.5. The van der Waals surface area contributed by atoms with E-state index in [2.05, 4.69) is 367 Å². The SMILES string of the molecule is c1cc(-c2ccc3c(c2)C2(c4ccccc4-c4ccccc42)c2cccc4c5ccccc5n-3c24)cc(-c2ccc3ccc4c(-c5ccc6c(c5)c5cc(-c7cccc(-c8nc(-c9cccc%10ccccc9%10)c9ccccc9n8)c7)cc7c5n6-c5ccccc5C75c6ccccc6-c6ccccc65)ccnc4c3n2)c1. The van der Waals surface area contributed by atoms with Crippen molar-refractivity contribution in [3.8, 4) is 101 Å². The molecule has 0 N–H and O–H groups in total. The first kappa shape index (κ1) is 59.8. The van der Waals surface area contributed by atoms with E-state index in [1.165, 1.54) is 122 Å². The molecule has 2 spiro atoms. The molecule has 2 aliphatic carbocycles. The van der Waals surface area contributed by atoms with Crippen molar-refractivity contribution in [2.75, 3.05) is 0 Å². The van der Waals surface area contributed by atoms with Crippen LogP contribution in [-0.2, 0) is 10.8 Å². The Kier molecular flexibility index (Phi) is 12.0. The van der Waals surface area contributed by atoms with Crippen LogP contribution >= 0.6 is 0 Å². The minimum Gasteiger partial charge on any atom is -0.309 e. The Morgan fingerprint density at radius 1 is 0.236 bits per heavy atom.